The van der Waals surface area contributed by atoms with E-state index in [0.29, 0.717) is 6.42 Å². The van der Waals surface area contributed by atoms with Crippen molar-refractivity contribution < 1.29 is 19.0 Å². The largest absolute Gasteiger partial charge is 0.460 e. The highest BCUT2D eigenvalue weighted by Gasteiger charge is 2.23. The summed E-state index contributed by atoms with van der Waals surface area (Å²) in [6.07, 6.45) is 20.6. The summed E-state index contributed by atoms with van der Waals surface area (Å²) in [5, 5.41) is 0. The molecule has 2 aliphatic rings. The summed E-state index contributed by atoms with van der Waals surface area (Å²) in [4.78, 5) is 17.3. The number of esters is 1. The summed E-state index contributed by atoms with van der Waals surface area (Å²) in [5.41, 5.74) is 0. The molecule has 2 rings (SSSR count). The second-order valence-corrected chi connectivity index (χ2v) is 10.6. The zero-order chi connectivity index (χ0) is 24.8. The van der Waals surface area contributed by atoms with E-state index in [1.165, 1.54) is 83.5 Å². The standard InChI is InChI=1S/C29H56N2O4/c1-2-3-4-5-6-7-8-9-10-11-12-13-14-15-16-17-29(32)35-28(26-30-18-22-33-23-19-30)27-31-20-24-34-25-21-31/h28H,2-27H2,1H3. The Kier molecular flexibility index (Phi) is 18.7. The molecule has 0 radical (unpaired) electrons. The fraction of sp³-hybridized carbons (Fsp3) is 0.966. The van der Waals surface area contributed by atoms with Crippen LogP contribution in [0.3, 0.4) is 0 Å². The lowest BCUT2D eigenvalue weighted by Gasteiger charge is -2.34. The van der Waals surface area contributed by atoms with Gasteiger partial charge in [0.25, 0.3) is 0 Å². The van der Waals surface area contributed by atoms with Gasteiger partial charge in [-0.2, -0.15) is 0 Å². The van der Waals surface area contributed by atoms with Crippen molar-refractivity contribution in [2.24, 2.45) is 0 Å². The smallest absolute Gasteiger partial charge is 0.306 e. The minimum atomic E-state index is -0.0601. The average Bonchev–Trinajstić information content (AvgIpc) is 2.87. The molecule has 0 unspecified atom stereocenters. The Balaban J connectivity index is 1.46. The molecule has 0 aromatic heterocycles. The van der Waals surface area contributed by atoms with Gasteiger partial charge in [0.15, 0.2) is 0 Å². The lowest BCUT2D eigenvalue weighted by atomic mass is 10.0. The van der Waals surface area contributed by atoms with Gasteiger partial charge in [0, 0.05) is 45.7 Å². The maximum Gasteiger partial charge on any atom is 0.306 e. The van der Waals surface area contributed by atoms with Crippen LogP contribution in [0.15, 0.2) is 0 Å². The van der Waals surface area contributed by atoms with Gasteiger partial charge in [0.1, 0.15) is 6.10 Å². The number of ether oxygens (including phenoxy) is 3. The molecule has 2 saturated heterocycles. The first-order chi connectivity index (χ1) is 17.3. The molecule has 0 aromatic rings. The monoisotopic (exact) mass is 496 g/mol. The summed E-state index contributed by atoms with van der Waals surface area (Å²) in [5.74, 6) is -0.0220. The number of hydrogen-bond acceptors (Lipinski definition) is 6. The van der Waals surface area contributed by atoms with Crippen LogP contribution in [0.25, 0.3) is 0 Å². The molecule has 2 heterocycles. The van der Waals surface area contributed by atoms with Crippen LogP contribution in [0.2, 0.25) is 0 Å². The molecular formula is C29H56N2O4. The zero-order valence-electron chi connectivity index (χ0n) is 23.0. The van der Waals surface area contributed by atoms with Crippen LogP contribution in [0.1, 0.15) is 110 Å². The quantitative estimate of drug-likeness (QED) is 0.147. The predicted octanol–water partition coefficient (Wildman–Crippen LogP) is 5.82. The van der Waals surface area contributed by atoms with E-state index in [-0.39, 0.29) is 12.1 Å². The van der Waals surface area contributed by atoms with E-state index in [4.69, 9.17) is 14.2 Å². The molecule has 6 heteroatoms. The minimum Gasteiger partial charge on any atom is -0.460 e. The molecule has 0 saturated carbocycles. The van der Waals surface area contributed by atoms with Crippen molar-refractivity contribution in [2.45, 2.75) is 116 Å². The van der Waals surface area contributed by atoms with Gasteiger partial charge in [-0.15, -0.1) is 0 Å². The van der Waals surface area contributed by atoms with Gasteiger partial charge in [0.2, 0.25) is 0 Å². The molecule has 35 heavy (non-hydrogen) atoms. The molecule has 0 amide bonds. The fourth-order valence-corrected chi connectivity index (χ4v) is 5.16. The highest BCUT2D eigenvalue weighted by molar-refractivity contribution is 5.69. The second kappa shape index (κ2) is 21.4. The molecular weight excluding hydrogens is 440 g/mol. The molecule has 0 aliphatic carbocycles. The molecule has 0 bridgehead atoms. The molecule has 0 aromatic carbocycles. The first kappa shape index (κ1) is 30.5. The van der Waals surface area contributed by atoms with Crippen LogP contribution >= 0.6 is 0 Å². The summed E-state index contributed by atoms with van der Waals surface area (Å²) in [7, 11) is 0. The van der Waals surface area contributed by atoms with E-state index >= 15 is 0 Å². The first-order valence-electron chi connectivity index (χ1n) is 15.1. The first-order valence-corrected chi connectivity index (χ1v) is 15.1. The predicted molar refractivity (Wildman–Crippen MR) is 144 cm³/mol. The van der Waals surface area contributed by atoms with Crippen LogP contribution in [0, 0.1) is 0 Å². The summed E-state index contributed by atoms with van der Waals surface area (Å²) >= 11 is 0. The third kappa shape index (κ3) is 16.6. The fourth-order valence-electron chi connectivity index (χ4n) is 5.16. The summed E-state index contributed by atoms with van der Waals surface area (Å²) in [6.45, 7) is 10.7. The molecule has 0 N–H and O–H groups in total. The third-order valence-electron chi connectivity index (χ3n) is 7.41. The average molecular weight is 497 g/mol. The van der Waals surface area contributed by atoms with Crippen molar-refractivity contribution in [1.82, 2.24) is 9.80 Å². The summed E-state index contributed by atoms with van der Waals surface area (Å²) < 4.78 is 16.9. The van der Waals surface area contributed by atoms with Gasteiger partial charge < -0.3 is 14.2 Å². The number of unbranched alkanes of at least 4 members (excludes halogenated alkanes) is 14. The molecule has 2 aliphatic heterocycles. The number of hydrogen-bond donors (Lipinski definition) is 0. The van der Waals surface area contributed by atoms with Crippen LogP contribution in [-0.4, -0.2) is 87.6 Å². The van der Waals surface area contributed by atoms with Crippen molar-refractivity contribution in [3.8, 4) is 0 Å². The number of morpholine rings is 2. The lowest BCUT2D eigenvalue weighted by Crippen LogP contribution is -2.48. The van der Waals surface area contributed by atoms with Crippen molar-refractivity contribution in [3.05, 3.63) is 0 Å². The third-order valence-corrected chi connectivity index (χ3v) is 7.41. The van der Waals surface area contributed by atoms with Crippen molar-refractivity contribution in [1.29, 1.82) is 0 Å². The van der Waals surface area contributed by atoms with Crippen molar-refractivity contribution in [2.75, 3.05) is 65.7 Å². The Morgan fingerprint density at radius 2 is 1.00 bits per heavy atom. The van der Waals surface area contributed by atoms with E-state index in [9.17, 15) is 4.79 Å². The SMILES string of the molecule is CCCCCCCCCCCCCCCCCC(=O)OC(CN1CCOCC1)CN1CCOCC1. The van der Waals surface area contributed by atoms with E-state index in [1.807, 2.05) is 0 Å². The minimum absolute atomic E-state index is 0.0220. The number of carbonyl (C=O) groups excluding carboxylic acids is 1. The number of rotatable bonds is 21. The van der Waals surface area contributed by atoms with Crippen LogP contribution in [-0.2, 0) is 19.0 Å². The van der Waals surface area contributed by atoms with Gasteiger partial charge in [-0.1, -0.05) is 96.8 Å². The maximum atomic E-state index is 12.6. The lowest BCUT2D eigenvalue weighted by molar-refractivity contribution is -0.152. The van der Waals surface area contributed by atoms with E-state index < -0.39 is 0 Å². The second-order valence-electron chi connectivity index (χ2n) is 10.6. The van der Waals surface area contributed by atoms with Gasteiger partial charge in [-0.05, 0) is 6.42 Å². The van der Waals surface area contributed by atoms with Crippen LogP contribution < -0.4 is 0 Å². The maximum absolute atomic E-state index is 12.6. The molecule has 0 atom stereocenters. The highest BCUT2D eigenvalue weighted by Crippen LogP contribution is 2.14. The highest BCUT2D eigenvalue weighted by atomic mass is 16.5. The van der Waals surface area contributed by atoms with Crippen molar-refractivity contribution >= 4 is 5.97 Å². The van der Waals surface area contributed by atoms with Gasteiger partial charge in [-0.3, -0.25) is 14.6 Å². The van der Waals surface area contributed by atoms with Crippen LogP contribution in [0.4, 0.5) is 0 Å². The normalized spacial score (nSPS) is 17.8. The zero-order valence-corrected chi connectivity index (χ0v) is 23.0. The molecule has 6 nitrogen and oxygen atoms in total. The Morgan fingerprint density at radius 3 is 1.40 bits per heavy atom. The topological polar surface area (TPSA) is 51.2 Å². The Hall–Kier alpha value is -0.690. The molecule has 0 spiro atoms. The van der Waals surface area contributed by atoms with E-state index in [0.717, 1.165) is 78.5 Å². The van der Waals surface area contributed by atoms with Crippen LogP contribution in [0.5, 0.6) is 0 Å². The Bertz CT molecular complexity index is 473. The van der Waals surface area contributed by atoms with Crippen molar-refractivity contribution in [3.63, 3.8) is 0 Å². The van der Waals surface area contributed by atoms with Gasteiger partial charge in [-0.25, -0.2) is 0 Å². The van der Waals surface area contributed by atoms with E-state index in [2.05, 4.69) is 16.7 Å². The molecule has 2 fully saturated rings. The van der Waals surface area contributed by atoms with Gasteiger partial charge in [0.05, 0.1) is 26.4 Å². The Morgan fingerprint density at radius 1 is 0.629 bits per heavy atom. The number of nitrogens with zero attached hydrogens (tertiary/aromatic N) is 2. The van der Waals surface area contributed by atoms with Gasteiger partial charge >= 0.3 is 5.97 Å². The number of carbonyl (C=O) groups is 1. The summed E-state index contributed by atoms with van der Waals surface area (Å²) in [6, 6.07) is 0. The molecule has 206 valence electrons. The Labute approximate surface area is 216 Å². The van der Waals surface area contributed by atoms with E-state index in [1.54, 1.807) is 0 Å².